The molecule has 0 heterocycles. The van der Waals surface area contributed by atoms with E-state index in [-0.39, 0.29) is 0 Å². The quantitative estimate of drug-likeness (QED) is 0.688. The molecule has 0 fully saturated rings. The van der Waals surface area contributed by atoms with Gasteiger partial charge in [-0.15, -0.1) is 0 Å². The third kappa shape index (κ3) is 6.50. The molecule has 8 heteroatoms. The Morgan fingerprint density at radius 2 is 1.91 bits per heavy atom. The Morgan fingerprint density at radius 1 is 1.30 bits per heavy atom. The first-order valence-corrected chi connectivity index (χ1v) is 8.67. The Kier molecular flexibility index (Phi) is 7.91. The van der Waals surface area contributed by atoms with Crippen molar-refractivity contribution in [1.82, 2.24) is 5.32 Å². The van der Waals surface area contributed by atoms with Gasteiger partial charge in [-0.1, -0.05) is 11.6 Å². The number of rotatable bonds is 8. The van der Waals surface area contributed by atoms with Crippen LogP contribution in [0.2, 0.25) is 5.02 Å². The van der Waals surface area contributed by atoms with E-state index >= 15 is 0 Å². The van der Waals surface area contributed by atoms with Crippen LogP contribution in [0, 0.1) is 0 Å². The van der Waals surface area contributed by atoms with Gasteiger partial charge >= 0.3 is 5.97 Å². The van der Waals surface area contributed by atoms with E-state index in [2.05, 4.69) is 5.32 Å². The largest absolute Gasteiger partial charge is 0.451 e. The Morgan fingerprint density at radius 3 is 2.43 bits per heavy atom. The summed E-state index contributed by atoms with van der Waals surface area (Å²) in [4.78, 5) is 35.3. The van der Waals surface area contributed by atoms with E-state index in [9.17, 15) is 14.4 Å². The molecule has 0 aliphatic carbocycles. The van der Waals surface area contributed by atoms with Crippen LogP contribution in [0.4, 0.5) is 0 Å². The third-order valence-corrected chi connectivity index (χ3v) is 3.90. The van der Waals surface area contributed by atoms with Crippen LogP contribution in [-0.4, -0.2) is 41.9 Å². The van der Waals surface area contributed by atoms with Gasteiger partial charge in [0.15, 0.2) is 6.10 Å². The van der Waals surface area contributed by atoms with E-state index < -0.39 is 29.9 Å². The molecule has 0 aromatic heterocycles. The number of carbonyl (C=O) groups is 3. The molecule has 3 N–H and O–H groups in total. The fourth-order valence-electron chi connectivity index (χ4n) is 1.64. The molecule has 23 heavy (non-hydrogen) atoms. The van der Waals surface area contributed by atoms with E-state index in [0.29, 0.717) is 22.8 Å². The summed E-state index contributed by atoms with van der Waals surface area (Å²) in [6.07, 6.45) is 1.21. The predicted molar refractivity (Wildman–Crippen MR) is 90.5 cm³/mol. The molecule has 0 aliphatic rings. The molecule has 0 radical (unpaired) electrons. The summed E-state index contributed by atoms with van der Waals surface area (Å²) in [6, 6.07) is 5.43. The number of thioether (sulfide) groups is 1. The van der Waals surface area contributed by atoms with Crippen molar-refractivity contribution >= 4 is 41.1 Å². The molecule has 1 aromatic rings. The van der Waals surface area contributed by atoms with Gasteiger partial charge in [0.1, 0.15) is 6.04 Å². The van der Waals surface area contributed by atoms with Crippen LogP contribution in [0.15, 0.2) is 24.3 Å². The first-order chi connectivity index (χ1) is 10.8. The standard InChI is InChI=1S/C15H19ClN2O4S/c1-9(13(17)19)22-15(21)12(7-8-23-2)18-14(20)10-3-5-11(16)6-4-10/h3-6,9,12H,7-8H2,1-2H3,(H2,17,19)(H,18,20)/t9-,12-/m0/s1. The average Bonchev–Trinajstić information content (AvgIpc) is 2.51. The number of esters is 1. The second kappa shape index (κ2) is 9.42. The summed E-state index contributed by atoms with van der Waals surface area (Å²) in [6.45, 7) is 1.38. The normalized spacial score (nSPS) is 13.0. The van der Waals surface area contributed by atoms with E-state index in [4.69, 9.17) is 22.1 Å². The lowest BCUT2D eigenvalue weighted by molar-refractivity contribution is -0.155. The molecule has 0 bridgehead atoms. The van der Waals surface area contributed by atoms with E-state index in [1.54, 1.807) is 24.3 Å². The zero-order valence-electron chi connectivity index (χ0n) is 12.9. The van der Waals surface area contributed by atoms with E-state index in [1.165, 1.54) is 18.7 Å². The highest BCUT2D eigenvalue weighted by molar-refractivity contribution is 7.98. The highest BCUT2D eigenvalue weighted by atomic mass is 35.5. The zero-order chi connectivity index (χ0) is 17.4. The van der Waals surface area contributed by atoms with E-state index in [0.717, 1.165) is 0 Å². The molecule has 0 spiro atoms. The number of benzene rings is 1. The van der Waals surface area contributed by atoms with Gasteiger partial charge in [0, 0.05) is 10.6 Å². The number of amides is 2. The maximum absolute atomic E-state index is 12.2. The summed E-state index contributed by atoms with van der Waals surface area (Å²) in [5.74, 6) is -1.21. The molecule has 2 amide bonds. The zero-order valence-corrected chi connectivity index (χ0v) is 14.4. The first kappa shape index (κ1) is 19.3. The summed E-state index contributed by atoms with van der Waals surface area (Å²) in [5.41, 5.74) is 5.45. The molecule has 126 valence electrons. The van der Waals surface area contributed by atoms with Gasteiger partial charge in [-0.25, -0.2) is 4.79 Å². The summed E-state index contributed by atoms with van der Waals surface area (Å²) in [5, 5.41) is 3.12. The van der Waals surface area contributed by atoms with Gasteiger partial charge in [0.05, 0.1) is 0 Å². The number of nitrogens with one attached hydrogen (secondary N) is 1. The lowest BCUT2D eigenvalue weighted by Crippen LogP contribution is -2.44. The van der Waals surface area contributed by atoms with Gasteiger partial charge in [-0.2, -0.15) is 11.8 Å². The minimum atomic E-state index is -1.05. The Hall–Kier alpha value is -1.73. The maximum Gasteiger partial charge on any atom is 0.329 e. The lowest BCUT2D eigenvalue weighted by atomic mass is 10.1. The molecular weight excluding hydrogens is 340 g/mol. The van der Waals surface area contributed by atoms with Crippen molar-refractivity contribution in [2.45, 2.75) is 25.5 Å². The Labute approximate surface area is 144 Å². The van der Waals surface area contributed by atoms with Crippen molar-refractivity contribution in [3.8, 4) is 0 Å². The molecule has 0 saturated heterocycles. The molecule has 0 aliphatic heterocycles. The lowest BCUT2D eigenvalue weighted by Gasteiger charge is -2.19. The van der Waals surface area contributed by atoms with Gasteiger partial charge in [-0.05, 0) is 49.6 Å². The van der Waals surface area contributed by atoms with Crippen LogP contribution in [0.25, 0.3) is 0 Å². The van der Waals surface area contributed by atoms with Crippen LogP contribution in [0.1, 0.15) is 23.7 Å². The van der Waals surface area contributed by atoms with Gasteiger partial charge in [-0.3, -0.25) is 9.59 Å². The minimum Gasteiger partial charge on any atom is -0.451 e. The Bertz CT molecular complexity index is 565. The van der Waals surface area contributed by atoms with Crippen LogP contribution >= 0.6 is 23.4 Å². The minimum absolute atomic E-state index is 0.374. The van der Waals surface area contributed by atoms with Crippen LogP contribution in [0.5, 0.6) is 0 Å². The summed E-state index contributed by atoms with van der Waals surface area (Å²) >= 11 is 7.30. The monoisotopic (exact) mass is 358 g/mol. The van der Waals surface area contributed by atoms with E-state index in [1.807, 2.05) is 6.26 Å². The van der Waals surface area contributed by atoms with Crippen molar-refractivity contribution < 1.29 is 19.1 Å². The van der Waals surface area contributed by atoms with Crippen LogP contribution in [-0.2, 0) is 14.3 Å². The third-order valence-electron chi connectivity index (χ3n) is 3.00. The topological polar surface area (TPSA) is 98.5 Å². The number of hydrogen-bond acceptors (Lipinski definition) is 5. The second-order valence-electron chi connectivity index (χ2n) is 4.80. The van der Waals surface area contributed by atoms with Crippen molar-refractivity contribution in [3.63, 3.8) is 0 Å². The first-order valence-electron chi connectivity index (χ1n) is 6.90. The highest BCUT2D eigenvalue weighted by Gasteiger charge is 2.25. The number of hydrogen-bond donors (Lipinski definition) is 2. The summed E-state index contributed by atoms with van der Waals surface area (Å²) < 4.78 is 4.97. The number of carbonyl (C=O) groups excluding carboxylic acids is 3. The van der Waals surface area contributed by atoms with Gasteiger partial charge in [0.2, 0.25) is 0 Å². The van der Waals surface area contributed by atoms with Crippen molar-refractivity contribution in [2.75, 3.05) is 12.0 Å². The molecular formula is C15H19ClN2O4S. The van der Waals surface area contributed by atoms with Crippen LogP contribution in [0.3, 0.4) is 0 Å². The molecule has 1 rings (SSSR count). The smallest absolute Gasteiger partial charge is 0.329 e. The van der Waals surface area contributed by atoms with Crippen molar-refractivity contribution in [3.05, 3.63) is 34.9 Å². The molecule has 0 unspecified atom stereocenters. The van der Waals surface area contributed by atoms with Crippen LogP contribution < -0.4 is 11.1 Å². The number of halogens is 1. The number of primary amides is 1. The molecule has 0 saturated carbocycles. The predicted octanol–water partition coefficient (Wildman–Crippen LogP) is 1.61. The van der Waals surface area contributed by atoms with Crippen molar-refractivity contribution in [1.29, 1.82) is 0 Å². The van der Waals surface area contributed by atoms with Gasteiger partial charge < -0.3 is 15.8 Å². The SMILES string of the molecule is CSCC[C@H](NC(=O)c1ccc(Cl)cc1)C(=O)O[C@@H](C)C(N)=O. The Balaban J connectivity index is 2.76. The molecule has 6 nitrogen and oxygen atoms in total. The highest BCUT2D eigenvalue weighted by Crippen LogP contribution is 2.11. The maximum atomic E-state index is 12.2. The number of ether oxygens (including phenoxy) is 1. The fraction of sp³-hybridized carbons (Fsp3) is 0.400. The number of nitrogens with two attached hydrogens (primary N) is 1. The van der Waals surface area contributed by atoms with Gasteiger partial charge in [0.25, 0.3) is 11.8 Å². The average molecular weight is 359 g/mol. The summed E-state index contributed by atoms with van der Waals surface area (Å²) in [7, 11) is 0. The molecule has 1 aromatic carbocycles. The fourth-order valence-corrected chi connectivity index (χ4v) is 2.24. The van der Waals surface area contributed by atoms with Crippen molar-refractivity contribution in [2.24, 2.45) is 5.73 Å². The molecule has 2 atom stereocenters. The second-order valence-corrected chi connectivity index (χ2v) is 6.22.